The Hall–Kier alpha value is -0.590. The lowest BCUT2D eigenvalue weighted by Gasteiger charge is -2.30. The molecule has 0 aromatic heterocycles. The highest BCUT2D eigenvalue weighted by molar-refractivity contribution is 5.82. The number of carbonyl (C=O) groups is 1. The van der Waals surface area contributed by atoms with Crippen LogP contribution in [0.4, 0.5) is 0 Å². The van der Waals surface area contributed by atoms with Crippen molar-refractivity contribution in [1.29, 1.82) is 0 Å². The van der Waals surface area contributed by atoms with Gasteiger partial charge >= 0.3 is 0 Å². The standard InChI is InChI=1S/C18H30O/c1-12(2)13(3)8-9-14(4)15-10-11-17-16(15)6-5-7-18(17)19/h8-9,12-17H,5-7,10-11H2,1-4H3/t13-,14+,15?,16+,17+/m0/s1. The van der Waals surface area contributed by atoms with Crippen LogP contribution in [0.1, 0.15) is 59.8 Å². The first-order valence-electron chi connectivity index (χ1n) is 8.21. The van der Waals surface area contributed by atoms with Crippen LogP contribution in [0.15, 0.2) is 12.2 Å². The molecule has 0 bridgehead atoms. The van der Waals surface area contributed by atoms with Crippen LogP contribution in [0.3, 0.4) is 0 Å². The molecule has 1 unspecified atom stereocenters. The normalized spacial score (nSPS) is 34.8. The van der Waals surface area contributed by atoms with E-state index in [1.54, 1.807) is 0 Å². The summed E-state index contributed by atoms with van der Waals surface area (Å²) in [5.41, 5.74) is 0. The number of hydrogen-bond donors (Lipinski definition) is 0. The maximum Gasteiger partial charge on any atom is 0.136 e. The molecule has 1 heteroatoms. The Bertz CT molecular complexity index is 342. The van der Waals surface area contributed by atoms with Crippen molar-refractivity contribution in [1.82, 2.24) is 0 Å². The van der Waals surface area contributed by atoms with E-state index in [4.69, 9.17) is 0 Å². The van der Waals surface area contributed by atoms with E-state index in [9.17, 15) is 4.79 Å². The summed E-state index contributed by atoms with van der Waals surface area (Å²) in [7, 11) is 0. The Balaban J connectivity index is 1.96. The van der Waals surface area contributed by atoms with E-state index < -0.39 is 0 Å². The summed E-state index contributed by atoms with van der Waals surface area (Å²) >= 11 is 0. The van der Waals surface area contributed by atoms with Crippen LogP contribution in [-0.2, 0) is 4.79 Å². The Labute approximate surface area is 118 Å². The van der Waals surface area contributed by atoms with Gasteiger partial charge in [0.2, 0.25) is 0 Å². The summed E-state index contributed by atoms with van der Waals surface area (Å²) < 4.78 is 0. The summed E-state index contributed by atoms with van der Waals surface area (Å²) in [5.74, 6) is 4.44. The summed E-state index contributed by atoms with van der Waals surface area (Å²) in [6, 6.07) is 0. The molecule has 108 valence electrons. The molecule has 1 nitrogen and oxygen atoms in total. The van der Waals surface area contributed by atoms with E-state index in [-0.39, 0.29) is 0 Å². The molecule has 0 spiro atoms. The second-order valence-electron chi connectivity index (χ2n) is 7.22. The van der Waals surface area contributed by atoms with E-state index in [0.29, 0.717) is 29.5 Å². The van der Waals surface area contributed by atoms with Crippen molar-refractivity contribution in [3.63, 3.8) is 0 Å². The molecular weight excluding hydrogens is 232 g/mol. The molecule has 0 aliphatic heterocycles. The van der Waals surface area contributed by atoms with E-state index in [1.165, 1.54) is 12.8 Å². The molecule has 5 atom stereocenters. The number of rotatable bonds is 4. The highest BCUT2D eigenvalue weighted by atomic mass is 16.1. The van der Waals surface area contributed by atoms with Crippen LogP contribution < -0.4 is 0 Å². The van der Waals surface area contributed by atoms with Gasteiger partial charge in [0, 0.05) is 12.3 Å². The van der Waals surface area contributed by atoms with Gasteiger partial charge < -0.3 is 0 Å². The molecule has 19 heavy (non-hydrogen) atoms. The number of allylic oxidation sites excluding steroid dienone is 2. The minimum absolute atomic E-state index is 0.414. The summed E-state index contributed by atoms with van der Waals surface area (Å²) in [4.78, 5) is 12.0. The van der Waals surface area contributed by atoms with Crippen LogP contribution in [0, 0.1) is 35.5 Å². The van der Waals surface area contributed by atoms with Gasteiger partial charge in [-0.25, -0.2) is 0 Å². The van der Waals surface area contributed by atoms with Gasteiger partial charge in [0.25, 0.3) is 0 Å². The molecular formula is C18H30O. The van der Waals surface area contributed by atoms with E-state index in [0.717, 1.165) is 31.1 Å². The van der Waals surface area contributed by atoms with Crippen LogP contribution >= 0.6 is 0 Å². The average Bonchev–Trinajstić information content (AvgIpc) is 2.80. The third-order valence-corrected chi connectivity index (χ3v) is 5.70. The van der Waals surface area contributed by atoms with Gasteiger partial charge in [-0.1, -0.05) is 39.8 Å². The summed E-state index contributed by atoms with van der Waals surface area (Å²) in [6.07, 6.45) is 10.5. The summed E-state index contributed by atoms with van der Waals surface area (Å²) in [6.45, 7) is 9.22. The highest BCUT2D eigenvalue weighted by Gasteiger charge is 2.42. The van der Waals surface area contributed by atoms with Crippen molar-refractivity contribution in [2.75, 3.05) is 0 Å². The van der Waals surface area contributed by atoms with Gasteiger partial charge in [0.1, 0.15) is 5.78 Å². The molecule has 0 amide bonds. The van der Waals surface area contributed by atoms with Gasteiger partial charge in [0.05, 0.1) is 0 Å². The number of ketones is 1. The largest absolute Gasteiger partial charge is 0.299 e. The Morgan fingerprint density at radius 2 is 1.79 bits per heavy atom. The molecule has 0 saturated heterocycles. The predicted octanol–water partition coefficient (Wildman–Crippen LogP) is 4.87. The SMILES string of the molecule is CC(C)[C@@H](C)C=C[C@@H](C)C1CC[C@H]2C(=O)CCC[C@H]12. The van der Waals surface area contributed by atoms with Crippen molar-refractivity contribution in [2.45, 2.75) is 59.8 Å². The van der Waals surface area contributed by atoms with Gasteiger partial charge in [-0.15, -0.1) is 0 Å². The minimum Gasteiger partial charge on any atom is -0.299 e. The predicted molar refractivity (Wildman–Crippen MR) is 80.9 cm³/mol. The molecule has 0 aromatic rings. The first-order valence-corrected chi connectivity index (χ1v) is 8.21. The number of fused-ring (bicyclic) bond motifs is 1. The average molecular weight is 262 g/mol. The maximum atomic E-state index is 12.0. The number of Topliss-reactive ketones (excluding diaryl/α,β-unsaturated/α-hetero) is 1. The Kier molecular flexibility index (Phi) is 4.86. The summed E-state index contributed by atoms with van der Waals surface area (Å²) in [5, 5.41) is 0. The monoisotopic (exact) mass is 262 g/mol. The lowest BCUT2D eigenvalue weighted by Crippen LogP contribution is -2.29. The van der Waals surface area contributed by atoms with Crippen LogP contribution in [0.5, 0.6) is 0 Å². The van der Waals surface area contributed by atoms with Crippen molar-refractivity contribution in [2.24, 2.45) is 35.5 Å². The van der Waals surface area contributed by atoms with Gasteiger partial charge in [0.15, 0.2) is 0 Å². The zero-order chi connectivity index (χ0) is 14.0. The zero-order valence-corrected chi connectivity index (χ0v) is 13.1. The smallest absolute Gasteiger partial charge is 0.136 e. The first-order chi connectivity index (χ1) is 9.00. The molecule has 0 aromatic carbocycles. The highest BCUT2D eigenvalue weighted by Crippen LogP contribution is 2.47. The molecule has 2 rings (SSSR count). The molecule has 2 saturated carbocycles. The van der Waals surface area contributed by atoms with Crippen molar-refractivity contribution in [3.8, 4) is 0 Å². The fourth-order valence-corrected chi connectivity index (χ4v) is 3.98. The van der Waals surface area contributed by atoms with Gasteiger partial charge in [-0.3, -0.25) is 4.79 Å². The van der Waals surface area contributed by atoms with Crippen LogP contribution in [0.25, 0.3) is 0 Å². The molecule has 0 radical (unpaired) electrons. The van der Waals surface area contributed by atoms with Gasteiger partial charge in [-0.05, 0) is 55.3 Å². The topological polar surface area (TPSA) is 17.1 Å². The number of hydrogen-bond acceptors (Lipinski definition) is 1. The minimum atomic E-state index is 0.414. The number of carbonyl (C=O) groups excluding carboxylic acids is 1. The third-order valence-electron chi connectivity index (χ3n) is 5.70. The maximum absolute atomic E-state index is 12.0. The third kappa shape index (κ3) is 3.30. The fourth-order valence-electron chi connectivity index (χ4n) is 3.98. The molecule has 2 aliphatic carbocycles. The van der Waals surface area contributed by atoms with Crippen LogP contribution in [-0.4, -0.2) is 5.78 Å². The van der Waals surface area contributed by atoms with Gasteiger partial charge in [-0.2, -0.15) is 0 Å². The van der Waals surface area contributed by atoms with E-state index >= 15 is 0 Å². The van der Waals surface area contributed by atoms with E-state index in [1.807, 2.05) is 0 Å². The Morgan fingerprint density at radius 1 is 1.05 bits per heavy atom. The molecule has 0 N–H and O–H groups in total. The fraction of sp³-hybridized carbons (Fsp3) is 0.833. The molecule has 2 aliphatic rings. The first kappa shape index (κ1) is 14.8. The second-order valence-corrected chi connectivity index (χ2v) is 7.22. The zero-order valence-electron chi connectivity index (χ0n) is 13.1. The second kappa shape index (κ2) is 6.24. The quantitative estimate of drug-likeness (QED) is 0.661. The lowest BCUT2D eigenvalue weighted by atomic mass is 9.73. The van der Waals surface area contributed by atoms with Crippen molar-refractivity contribution < 1.29 is 4.79 Å². The Morgan fingerprint density at radius 3 is 2.47 bits per heavy atom. The van der Waals surface area contributed by atoms with Crippen molar-refractivity contribution >= 4 is 5.78 Å². The van der Waals surface area contributed by atoms with Crippen LogP contribution in [0.2, 0.25) is 0 Å². The van der Waals surface area contributed by atoms with E-state index in [2.05, 4.69) is 39.8 Å². The molecule has 2 fully saturated rings. The van der Waals surface area contributed by atoms with Crippen molar-refractivity contribution in [3.05, 3.63) is 12.2 Å². The lowest BCUT2D eigenvalue weighted by molar-refractivity contribution is -0.126. The molecule has 0 heterocycles.